The highest BCUT2D eigenvalue weighted by atomic mass is 32.2. The number of hydrogen-bond donors (Lipinski definition) is 1. The minimum Gasteiger partial charge on any atom is -0.497 e. The standard InChI is InChI=1S/C34H37F3N6O3S/c1-22(2)29-19-28(45-4)14-15-30(29)42-16-5-17-47-33(42)40-32(44)38-20-23(3)18-24-6-8-25(9-7-24)31-39-21-43(41-31)26-10-12-27(13-11-26)46-34(35,36)37/h6-15,19,21-23H,5,16-18,20H2,1-4H3,(H,38,44). The Morgan fingerprint density at radius 2 is 1.77 bits per heavy atom. The molecule has 1 N–H and O–H groups in total. The van der Waals surface area contributed by atoms with Crippen LogP contribution in [0.1, 0.15) is 44.2 Å². The molecule has 1 atom stereocenters. The van der Waals surface area contributed by atoms with Crippen LogP contribution in [-0.2, 0) is 6.42 Å². The summed E-state index contributed by atoms with van der Waals surface area (Å²) < 4.78 is 48.2. The highest BCUT2D eigenvalue weighted by Gasteiger charge is 2.31. The fraction of sp³-hybridized carbons (Fsp3) is 0.353. The number of amides is 2. The number of aliphatic imine (C=N–C) groups is 1. The summed E-state index contributed by atoms with van der Waals surface area (Å²) in [5.74, 6) is 2.33. The van der Waals surface area contributed by atoms with Gasteiger partial charge in [-0.15, -0.1) is 18.3 Å². The molecule has 1 unspecified atom stereocenters. The van der Waals surface area contributed by atoms with Crippen LogP contribution >= 0.6 is 11.8 Å². The molecule has 5 rings (SSSR count). The number of benzene rings is 3. The maximum absolute atomic E-state index is 12.9. The second-order valence-corrected chi connectivity index (χ2v) is 12.6. The number of alkyl halides is 3. The summed E-state index contributed by atoms with van der Waals surface area (Å²) in [6.45, 7) is 7.63. The molecule has 0 spiro atoms. The van der Waals surface area contributed by atoms with Gasteiger partial charge in [-0.3, -0.25) is 0 Å². The number of nitrogens with one attached hydrogen (secondary N) is 1. The molecule has 1 aromatic heterocycles. The maximum Gasteiger partial charge on any atom is 0.573 e. The summed E-state index contributed by atoms with van der Waals surface area (Å²) in [7, 11) is 1.66. The van der Waals surface area contributed by atoms with Crippen molar-refractivity contribution in [2.75, 3.05) is 30.9 Å². The van der Waals surface area contributed by atoms with E-state index in [9.17, 15) is 18.0 Å². The van der Waals surface area contributed by atoms with Crippen LogP contribution in [-0.4, -0.2) is 58.3 Å². The highest BCUT2D eigenvalue weighted by molar-refractivity contribution is 8.14. The second-order valence-electron chi connectivity index (χ2n) is 11.6. The summed E-state index contributed by atoms with van der Waals surface area (Å²) in [4.78, 5) is 23.9. The largest absolute Gasteiger partial charge is 0.573 e. The summed E-state index contributed by atoms with van der Waals surface area (Å²) in [6, 6.07) is 18.9. The normalized spacial score (nSPS) is 15.1. The molecule has 4 aromatic rings. The van der Waals surface area contributed by atoms with E-state index in [1.807, 2.05) is 36.4 Å². The van der Waals surface area contributed by atoms with Gasteiger partial charge in [-0.25, -0.2) is 14.5 Å². The number of halogens is 3. The smallest absolute Gasteiger partial charge is 0.497 e. The number of ether oxygens (including phenoxy) is 2. The average molecular weight is 667 g/mol. The zero-order valence-corrected chi connectivity index (χ0v) is 27.4. The van der Waals surface area contributed by atoms with Gasteiger partial charge in [-0.2, -0.15) is 4.99 Å². The number of amidine groups is 1. The van der Waals surface area contributed by atoms with E-state index in [-0.39, 0.29) is 23.6 Å². The molecule has 3 aromatic carbocycles. The van der Waals surface area contributed by atoms with E-state index in [4.69, 9.17) is 4.74 Å². The lowest BCUT2D eigenvalue weighted by molar-refractivity contribution is -0.274. The Hall–Kier alpha value is -4.52. The second kappa shape index (κ2) is 14.9. The Morgan fingerprint density at radius 1 is 1.04 bits per heavy atom. The number of hydrogen-bond acceptors (Lipinski definition) is 6. The molecule has 2 heterocycles. The number of nitrogens with zero attached hydrogens (tertiary/aromatic N) is 5. The number of urea groups is 1. The maximum atomic E-state index is 12.9. The van der Waals surface area contributed by atoms with Crippen molar-refractivity contribution in [2.24, 2.45) is 10.9 Å². The van der Waals surface area contributed by atoms with E-state index in [1.165, 1.54) is 35.3 Å². The van der Waals surface area contributed by atoms with Crippen molar-refractivity contribution in [1.29, 1.82) is 0 Å². The van der Waals surface area contributed by atoms with Gasteiger partial charge in [0.2, 0.25) is 0 Å². The molecule has 1 fully saturated rings. The number of aromatic nitrogens is 3. The van der Waals surface area contributed by atoms with Gasteiger partial charge >= 0.3 is 12.4 Å². The number of carbonyl (C=O) groups is 1. The highest BCUT2D eigenvalue weighted by Crippen LogP contribution is 2.35. The fourth-order valence-corrected chi connectivity index (χ4v) is 6.17. The first-order valence-corrected chi connectivity index (χ1v) is 16.3. The monoisotopic (exact) mass is 666 g/mol. The van der Waals surface area contributed by atoms with Gasteiger partial charge in [-0.1, -0.05) is 56.8 Å². The Bertz CT molecular complexity index is 1690. The molecular formula is C34H37F3N6O3S. The number of carbonyl (C=O) groups excluding carboxylic acids is 1. The van der Waals surface area contributed by atoms with Crippen LogP contribution in [0.5, 0.6) is 11.5 Å². The molecule has 9 nitrogen and oxygen atoms in total. The molecule has 0 saturated carbocycles. The zero-order valence-electron chi connectivity index (χ0n) is 26.6. The molecule has 0 aliphatic carbocycles. The summed E-state index contributed by atoms with van der Waals surface area (Å²) in [6.07, 6.45) is -1.50. The van der Waals surface area contributed by atoms with Crippen molar-refractivity contribution in [1.82, 2.24) is 20.1 Å². The van der Waals surface area contributed by atoms with Crippen LogP contribution in [0.25, 0.3) is 17.1 Å². The zero-order chi connectivity index (χ0) is 33.6. The van der Waals surface area contributed by atoms with Crippen molar-refractivity contribution < 1.29 is 27.4 Å². The molecule has 13 heteroatoms. The average Bonchev–Trinajstić information content (AvgIpc) is 3.54. The van der Waals surface area contributed by atoms with Crippen LogP contribution in [0, 0.1) is 5.92 Å². The van der Waals surface area contributed by atoms with E-state index in [0.29, 0.717) is 23.2 Å². The third-order valence-corrected chi connectivity index (χ3v) is 8.62. The molecule has 1 aliphatic heterocycles. The van der Waals surface area contributed by atoms with Gasteiger partial charge in [-0.05, 0) is 78.3 Å². The quantitative estimate of drug-likeness (QED) is 0.184. The Balaban J connectivity index is 1.16. The van der Waals surface area contributed by atoms with Crippen molar-refractivity contribution in [3.05, 3.63) is 84.2 Å². The van der Waals surface area contributed by atoms with E-state index in [2.05, 4.69) is 56.9 Å². The summed E-state index contributed by atoms with van der Waals surface area (Å²) in [5.41, 5.74) is 4.64. The van der Waals surface area contributed by atoms with Gasteiger partial charge in [0.05, 0.1) is 12.8 Å². The molecule has 248 valence electrons. The first-order valence-electron chi connectivity index (χ1n) is 15.3. The van der Waals surface area contributed by atoms with Crippen molar-refractivity contribution in [3.8, 4) is 28.6 Å². The fourth-order valence-electron chi connectivity index (χ4n) is 5.22. The Kier molecular flexibility index (Phi) is 10.7. The number of anilines is 1. The molecule has 1 saturated heterocycles. The molecule has 2 amide bonds. The van der Waals surface area contributed by atoms with Crippen molar-refractivity contribution in [3.63, 3.8) is 0 Å². The minimum absolute atomic E-state index is 0.163. The van der Waals surface area contributed by atoms with Crippen LogP contribution < -0.4 is 19.7 Å². The first kappa shape index (κ1) is 33.8. The van der Waals surface area contributed by atoms with Gasteiger partial charge in [0, 0.05) is 30.1 Å². The minimum atomic E-state index is -4.75. The summed E-state index contributed by atoms with van der Waals surface area (Å²) >= 11 is 1.59. The molecule has 0 radical (unpaired) electrons. The van der Waals surface area contributed by atoms with Crippen molar-refractivity contribution in [2.45, 2.75) is 45.9 Å². The van der Waals surface area contributed by atoms with Gasteiger partial charge < -0.3 is 19.7 Å². The molecule has 1 aliphatic rings. The van der Waals surface area contributed by atoms with E-state index >= 15 is 0 Å². The number of thioether (sulfide) groups is 1. The molecule has 47 heavy (non-hydrogen) atoms. The first-order chi connectivity index (χ1) is 22.5. The van der Waals surface area contributed by atoms with Gasteiger partial charge in [0.25, 0.3) is 0 Å². The van der Waals surface area contributed by atoms with Crippen LogP contribution in [0.2, 0.25) is 0 Å². The van der Waals surface area contributed by atoms with E-state index < -0.39 is 6.36 Å². The van der Waals surface area contributed by atoms with Crippen LogP contribution in [0.15, 0.2) is 78.0 Å². The Labute approximate surface area is 276 Å². The van der Waals surface area contributed by atoms with Gasteiger partial charge in [0.1, 0.15) is 17.8 Å². The molecular weight excluding hydrogens is 629 g/mol. The topological polar surface area (TPSA) is 93.9 Å². The Morgan fingerprint density at radius 3 is 2.45 bits per heavy atom. The lowest BCUT2D eigenvalue weighted by atomic mass is 10.00. The third kappa shape index (κ3) is 9.06. The number of rotatable bonds is 10. The van der Waals surface area contributed by atoms with E-state index in [1.54, 1.807) is 18.9 Å². The van der Waals surface area contributed by atoms with Crippen LogP contribution in [0.4, 0.5) is 23.7 Å². The number of methoxy groups -OCH3 is 1. The predicted octanol–water partition coefficient (Wildman–Crippen LogP) is 7.85. The van der Waals surface area contributed by atoms with Crippen molar-refractivity contribution >= 4 is 28.6 Å². The lowest BCUT2D eigenvalue weighted by Crippen LogP contribution is -2.37. The van der Waals surface area contributed by atoms with Gasteiger partial charge in [0.15, 0.2) is 11.0 Å². The SMILES string of the molecule is COc1ccc(N2CCCSC2=NC(=O)NCC(C)Cc2ccc(-c3ncn(-c4ccc(OC(F)(F)F)cc4)n3)cc2)c(C(C)C)c1. The summed E-state index contributed by atoms with van der Waals surface area (Å²) in [5, 5.41) is 8.14. The third-order valence-electron chi connectivity index (χ3n) is 7.56. The van der Waals surface area contributed by atoms with Crippen LogP contribution in [0.3, 0.4) is 0 Å². The molecule has 0 bridgehead atoms. The predicted molar refractivity (Wildman–Crippen MR) is 179 cm³/mol. The lowest BCUT2D eigenvalue weighted by Gasteiger charge is -2.32. The van der Waals surface area contributed by atoms with E-state index in [0.717, 1.165) is 53.3 Å².